The van der Waals surface area contributed by atoms with Gasteiger partial charge in [-0.05, 0) is 34.5 Å². The van der Waals surface area contributed by atoms with Gasteiger partial charge in [-0.1, -0.05) is 36.4 Å². The van der Waals surface area contributed by atoms with E-state index < -0.39 is 6.10 Å². The molecule has 0 spiro atoms. The highest BCUT2D eigenvalue weighted by molar-refractivity contribution is 5.83. The molecule has 0 aliphatic rings. The Balaban J connectivity index is 1.64. The van der Waals surface area contributed by atoms with Crippen molar-refractivity contribution < 1.29 is 9.52 Å². The normalized spacial score (nSPS) is 12.7. The number of hydrogen-bond acceptors (Lipinski definition) is 3. The van der Waals surface area contributed by atoms with Gasteiger partial charge in [0, 0.05) is 6.54 Å². The molecule has 0 radical (unpaired) electrons. The van der Waals surface area contributed by atoms with Crippen molar-refractivity contribution in [3.8, 4) is 0 Å². The fourth-order valence-electron chi connectivity index (χ4n) is 2.28. The second-order valence-electron chi connectivity index (χ2n) is 4.83. The number of benzene rings is 2. The van der Waals surface area contributed by atoms with E-state index in [4.69, 9.17) is 4.42 Å². The summed E-state index contributed by atoms with van der Waals surface area (Å²) >= 11 is 0. The first-order valence-electron chi connectivity index (χ1n) is 6.73. The number of aliphatic hydroxyl groups is 1. The fraction of sp³-hybridized carbons (Fsp3) is 0.176. The fourth-order valence-corrected chi connectivity index (χ4v) is 2.28. The lowest BCUT2D eigenvalue weighted by Gasteiger charge is -2.12. The van der Waals surface area contributed by atoms with Crippen molar-refractivity contribution in [2.45, 2.75) is 12.6 Å². The van der Waals surface area contributed by atoms with Crippen molar-refractivity contribution in [3.05, 3.63) is 72.2 Å². The van der Waals surface area contributed by atoms with Gasteiger partial charge in [0.15, 0.2) is 0 Å². The lowest BCUT2D eigenvalue weighted by molar-refractivity contribution is 0.173. The van der Waals surface area contributed by atoms with Crippen molar-refractivity contribution in [1.82, 2.24) is 5.32 Å². The van der Waals surface area contributed by atoms with Crippen molar-refractivity contribution in [2.75, 3.05) is 6.54 Å². The van der Waals surface area contributed by atoms with E-state index in [0.717, 1.165) is 16.7 Å². The minimum Gasteiger partial charge on any atom is -0.468 e. The molecular weight excluding hydrogens is 250 g/mol. The Bertz CT molecular complexity index is 676. The lowest BCUT2D eigenvalue weighted by atomic mass is 10.0. The predicted octanol–water partition coefficient (Wildman–Crippen LogP) is 3.26. The minimum atomic E-state index is -0.519. The number of aliphatic hydroxyl groups excluding tert-OH is 1. The lowest BCUT2D eigenvalue weighted by Crippen LogP contribution is -2.20. The summed E-state index contributed by atoms with van der Waals surface area (Å²) in [5.74, 6) is 0.871. The molecule has 3 heteroatoms. The zero-order valence-corrected chi connectivity index (χ0v) is 11.1. The summed E-state index contributed by atoms with van der Waals surface area (Å²) in [6.07, 6.45) is 1.13. The Morgan fingerprint density at radius 1 is 1.00 bits per heavy atom. The molecular formula is C17H17NO2. The van der Waals surface area contributed by atoms with E-state index >= 15 is 0 Å². The second kappa shape index (κ2) is 5.90. The van der Waals surface area contributed by atoms with Gasteiger partial charge in [0.05, 0.1) is 18.9 Å². The average Bonchev–Trinajstić information content (AvgIpc) is 3.00. The predicted molar refractivity (Wildman–Crippen MR) is 79.3 cm³/mol. The SMILES string of the molecule is O[C@H](CNCc1ccco1)c1ccc2ccccc2c1. The van der Waals surface area contributed by atoms with Crippen LogP contribution in [0.25, 0.3) is 10.8 Å². The van der Waals surface area contributed by atoms with Crippen molar-refractivity contribution >= 4 is 10.8 Å². The first kappa shape index (κ1) is 12.9. The van der Waals surface area contributed by atoms with Gasteiger partial charge in [-0.3, -0.25) is 0 Å². The quantitative estimate of drug-likeness (QED) is 0.746. The Labute approximate surface area is 117 Å². The molecule has 1 aromatic heterocycles. The summed E-state index contributed by atoms with van der Waals surface area (Å²) in [7, 11) is 0. The molecule has 1 atom stereocenters. The maximum absolute atomic E-state index is 10.2. The van der Waals surface area contributed by atoms with E-state index in [1.807, 2.05) is 42.5 Å². The summed E-state index contributed by atoms with van der Waals surface area (Å²) in [5.41, 5.74) is 0.927. The molecule has 3 nitrogen and oxygen atoms in total. The van der Waals surface area contributed by atoms with Gasteiger partial charge in [0.2, 0.25) is 0 Å². The maximum atomic E-state index is 10.2. The number of furan rings is 1. The molecule has 0 saturated carbocycles. The number of hydrogen-bond donors (Lipinski definition) is 2. The standard InChI is InChI=1S/C17H17NO2/c19-17(12-18-11-16-6-3-9-20-16)15-8-7-13-4-1-2-5-14(13)10-15/h1-10,17-19H,11-12H2/t17-/m1/s1. The molecule has 2 aromatic carbocycles. The van der Waals surface area contributed by atoms with Gasteiger partial charge in [0.1, 0.15) is 5.76 Å². The molecule has 2 N–H and O–H groups in total. The third kappa shape index (κ3) is 2.90. The van der Waals surface area contributed by atoms with Gasteiger partial charge in [-0.15, -0.1) is 0 Å². The van der Waals surface area contributed by atoms with Crippen LogP contribution in [0.1, 0.15) is 17.4 Å². The molecule has 1 heterocycles. The van der Waals surface area contributed by atoms with Crippen LogP contribution in [0.15, 0.2) is 65.3 Å². The van der Waals surface area contributed by atoms with E-state index in [2.05, 4.69) is 17.4 Å². The van der Waals surface area contributed by atoms with Crippen molar-refractivity contribution in [2.24, 2.45) is 0 Å². The average molecular weight is 267 g/mol. The van der Waals surface area contributed by atoms with Crippen LogP contribution in [-0.4, -0.2) is 11.7 Å². The van der Waals surface area contributed by atoms with E-state index in [9.17, 15) is 5.11 Å². The highest BCUT2D eigenvalue weighted by atomic mass is 16.3. The zero-order valence-electron chi connectivity index (χ0n) is 11.1. The summed E-state index contributed by atoms with van der Waals surface area (Å²) in [6, 6.07) is 18.0. The first-order chi connectivity index (χ1) is 9.83. The summed E-state index contributed by atoms with van der Waals surface area (Å²) in [4.78, 5) is 0. The molecule has 0 unspecified atom stereocenters. The largest absolute Gasteiger partial charge is 0.468 e. The molecule has 0 fully saturated rings. The Kier molecular flexibility index (Phi) is 3.81. The van der Waals surface area contributed by atoms with Gasteiger partial charge >= 0.3 is 0 Å². The van der Waals surface area contributed by atoms with Crippen molar-refractivity contribution in [3.63, 3.8) is 0 Å². The molecule has 0 aliphatic heterocycles. The number of rotatable bonds is 5. The minimum absolute atomic E-state index is 0.499. The summed E-state index contributed by atoms with van der Waals surface area (Å²) < 4.78 is 5.23. The van der Waals surface area contributed by atoms with Crippen LogP contribution in [0.4, 0.5) is 0 Å². The molecule has 3 aromatic rings. The molecule has 20 heavy (non-hydrogen) atoms. The zero-order chi connectivity index (χ0) is 13.8. The molecule has 3 rings (SSSR count). The van der Waals surface area contributed by atoms with E-state index in [-0.39, 0.29) is 0 Å². The van der Waals surface area contributed by atoms with E-state index in [0.29, 0.717) is 13.1 Å². The maximum Gasteiger partial charge on any atom is 0.117 e. The molecule has 102 valence electrons. The molecule has 0 amide bonds. The summed E-state index contributed by atoms with van der Waals surface area (Å²) in [6.45, 7) is 1.12. The van der Waals surface area contributed by atoms with Crippen LogP contribution in [0.2, 0.25) is 0 Å². The number of fused-ring (bicyclic) bond motifs is 1. The van der Waals surface area contributed by atoms with Crippen molar-refractivity contribution in [1.29, 1.82) is 0 Å². The van der Waals surface area contributed by atoms with Crippen LogP contribution >= 0.6 is 0 Å². The van der Waals surface area contributed by atoms with Crippen LogP contribution in [0.5, 0.6) is 0 Å². The highest BCUT2D eigenvalue weighted by Gasteiger charge is 2.08. The van der Waals surface area contributed by atoms with Crippen LogP contribution in [0.3, 0.4) is 0 Å². The Morgan fingerprint density at radius 2 is 1.85 bits per heavy atom. The molecule has 0 saturated heterocycles. The third-order valence-electron chi connectivity index (χ3n) is 3.38. The van der Waals surface area contributed by atoms with Gasteiger partial charge in [0.25, 0.3) is 0 Å². The second-order valence-corrected chi connectivity index (χ2v) is 4.83. The van der Waals surface area contributed by atoms with E-state index in [1.165, 1.54) is 5.39 Å². The van der Waals surface area contributed by atoms with Crippen LogP contribution in [0, 0.1) is 0 Å². The summed E-state index contributed by atoms with van der Waals surface area (Å²) in [5, 5.41) is 15.7. The van der Waals surface area contributed by atoms with E-state index in [1.54, 1.807) is 6.26 Å². The molecule has 0 aliphatic carbocycles. The van der Waals surface area contributed by atoms with Gasteiger partial charge < -0.3 is 14.8 Å². The first-order valence-corrected chi connectivity index (χ1v) is 6.73. The smallest absolute Gasteiger partial charge is 0.117 e. The third-order valence-corrected chi connectivity index (χ3v) is 3.38. The Morgan fingerprint density at radius 3 is 2.65 bits per heavy atom. The Hall–Kier alpha value is -2.10. The highest BCUT2D eigenvalue weighted by Crippen LogP contribution is 2.20. The molecule has 0 bridgehead atoms. The monoisotopic (exact) mass is 267 g/mol. The van der Waals surface area contributed by atoms with Crippen LogP contribution < -0.4 is 5.32 Å². The van der Waals surface area contributed by atoms with Crippen LogP contribution in [-0.2, 0) is 6.54 Å². The topological polar surface area (TPSA) is 45.4 Å². The number of nitrogens with one attached hydrogen (secondary N) is 1. The van der Waals surface area contributed by atoms with Gasteiger partial charge in [-0.25, -0.2) is 0 Å². The van der Waals surface area contributed by atoms with Gasteiger partial charge in [-0.2, -0.15) is 0 Å².